The second-order valence-electron chi connectivity index (χ2n) is 2.25. The normalized spacial score (nSPS) is 13.1. The van der Waals surface area contributed by atoms with Crippen LogP contribution < -0.4 is 0 Å². The first-order valence-corrected chi connectivity index (χ1v) is 3.40. The van der Waals surface area contributed by atoms with Crippen LogP contribution in [-0.2, 0) is 0 Å². The summed E-state index contributed by atoms with van der Waals surface area (Å²) < 4.78 is 0. The van der Waals surface area contributed by atoms with Gasteiger partial charge in [0.05, 0.1) is 0 Å². The molecule has 0 aliphatic heterocycles. The molecule has 62 valence electrons. The first-order valence-electron chi connectivity index (χ1n) is 3.40. The summed E-state index contributed by atoms with van der Waals surface area (Å²) >= 11 is 0. The summed E-state index contributed by atoms with van der Waals surface area (Å²) in [6.07, 6.45) is 3.67. The van der Waals surface area contributed by atoms with E-state index >= 15 is 0 Å². The van der Waals surface area contributed by atoms with Crippen LogP contribution in [0.4, 0.5) is 0 Å². The standard InChI is InChI=1S/C6H7N5O/c12-4(5-7-1-2-8-5)6-9-3-10-11-6/h1-4,12H,(H,7,8)(H,9,10,11). The number of hydrogen-bond donors (Lipinski definition) is 3. The zero-order valence-electron chi connectivity index (χ0n) is 6.10. The number of aliphatic hydroxyl groups is 1. The average molecular weight is 165 g/mol. The van der Waals surface area contributed by atoms with E-state index in [0.717, 1.165) is 0 Å². The van der Waals surface area contributed by atoms with Crippen molar-refractivity contribution in [3.05, 3.63) is 30.4 Å². The van der Waals surface area contributed by atoms with Crippen molar-refractivity contribution in [1.29, 1.82) is 0 Å². The number of rotatable bonds is 2. The third-order valence-corrected chi connectivity index (χ3v) is 1.47. The van der Waals surface area contributed by atoms with Crippen molar-refractivity contribution in [3.8, 4) is 0 Å². The van der Waals surface area contributed by atoms with Crippen LogP contribution in [0.25, 0.3) is 0 Å². The molecule has 0 bridgehead atoms. The number of H-pyrrole nitrogens is 2. The molecule has 0 spiro atoms. The molecule has 6 nitrogen and oxygen atoms in total. The summed E-state index contributed by atoms with van der Waals surface area (Å²) in [5.74, 6) is 0.830. The molecular weight excluding hydrogens is 158 g/mol. The second-order valence-corrected chi connectivity index (χ2v) is 2.25. The van der Waals surface area contributed by atoms with Crippen molar-refractivity contribution in [1.82, 2.24) is 25.1 Å². The highest BCUT2D eigenvalue weighted by Gasteiger charge is 2.14. The van der Waals surface area contributed by atoms with Gasteiger partial charge in [0, 0.05) is 12.4 Å². The number of imidazole rings is 1. The van der Waals surface area contributed by atoms with Crippen LogP contribution >= 0.6 is 0 Å². The molecule has 2 aromatic rings. The van der Waals surface area contributed by atoms with Gasteiger partial charge >= 0.3 is 0 Å². The summed E-state index contributed by atoms with van der Waals surface area (Å²) in [5, 5.41) is 15.7. The maximum atomic E-state index is 9.54. The third-order valence-electron chi connectivity index (χ3n) is 1.47. The largest absolute Gasteiger partial charge is 0.377 e. The van der Waals surface area contributed by atoms with Gasteiger partial charge in [0.25, 0.3) is 0 Å². The highest BCUT2D eigenvalue weighted by atomic mass is 16.3. The lowest BCUT2D eigenvalue weighted by Crippen LogP contribution is -2.03. The minimum absolute atomic E-state index is 0.380. The van der Waals surface area contributed by atoms with Crippen molar-refractivity contribution >= 4 is 0 Å². The number of aromatic nitrogens is 5. The van der Waals surface area contributed by atoms with Crippen LogP contribution in [0.15, 0.2) is 18.7 Å². The predicted molar refractivity (Wildman–Crippen MR) is 39.0 cm³/mol. The molecule has 0 saturated heterocycles. The summed E-state index contributed by atoms with van der Waals surface area (Å²) in [4.78, 5) is 10.5. The van der Waals surface area contributed by atoms with Gasteiger partial charge in [-0.05, 0) is 0 Å². The molecule has 0 aliphatic rings. The second kappa shape index (κ2) is 2.74. The van der Waals surface area contributed by atoms with E-state index in [1.807, 2.05) is 0 Å². The Morgan fingerprint density at radius 1 is 1.33 bits per heavy atom. The van der Waals surface area contributed by atoms with E-state index in [1.54, 1.807) is 12.4 Å². The fraction of sp³-hybridized carbons (Fsp3) is 0.167. The first kappa shape index (κ1) is 6.99. The maximum Gasteiger partial charge on any atom is 0.170 e. The number of aliphatic hydroxyl groups excluding tert-OH is 1. The maximum absolute atomic E-state index is 9.54. The van der Waals surface area contributed by atoms with Crippen molar-refractivity contribution < 1.29 is 5.11 Å². The molecule has 2 aromatic heterocycles. The van der Waals surface area contributed by atoms with E-state index in [0.29, 0.717) is 11.6 Å². The number of hydrogen-bond acceptors (Lipinski definition) is 4. The van der Waals surface area contributed by atoms with Gasteiger partial charge < -0.3 is 10.1 Å². The zero-order valence-corrected chi connectivity index (χ0v) is 6.10. The van der Waals surface area contributed by atoms with E-state index in [9.17, 15) is 5.11 Å². The van der Waals surface area contributed by atoms with E-state index in [-0.39, 0.29) is 0 Å². The van der Waals surface area contributed by atoms with Crippen LogP contribution in [0, 0.1) is 0 Å². The molecule has 1 unspecified atom stereocenters. The Labute approximate surface area is 67.7 Å². The minimum atomic E-state index is -0.859. The lowest BCUT2D eigenvalue weighted by atomic mass is 10.3. The average Bonchev–Trinajstić information content (AvgIpc) is 2.77. The Kier molecular flexibility index (Phi) is 1.60. The fourth-order valence-corrected chi connectivity index (χ4v) is 0.903. The monoisotopic (exact) mass is 165 g/mol. The van der Waals surface area contributed by atoms with Crippen molar-refractivity contribution in [3.63, 3.8) is 0 Å². The molecule has 0 radical (unpaired) electrons. The lowest BCUT2D eigenvalue weighted by Gasteiger charge is -2.01. The Hall–Kier alpha value is -1.69. The Bertz CT molecular complexity index is 292. The van der Waals surface area contributed by atoms with Crippen LogP contribution in [0.1, 0.15) is 17.8 Å². The van der Waals surface area contributed by atoms with Gasteiger partial charge in [0.15, 0.2) is 11.9 Å². The van der Waals surface area contributed by atoms with Crippen molar-refractivity contribution in [2.75, 3.05) is 0 Å². The number of nitrogens with one attached hydrogen (secondary N) is 2. The van der Waals surface area contributed by atoms with Crippen LogP contribution in [0.2, 0.25) is 0 Å². The SMILES string of the molecule is OC(c1ncc[nH]1)c1ncn[nH]1. The molecule has 12 heavy (non-hydrogen) atoms. The molecule has 0 aromatic carbocycles. The highest BCUT2D eigenvalue weighted by Crippen LogP contribution is 2.12. The Balaban J connectivity index is 2.27. The Morgan fingerprint density at radius 2 is 2.25 bits per heavy atom. The van der Waals surface area contributed by atoms with Gasteiger partial charge in [-0.1, -0.05) is 0 Å². The lowest BCUT2D eigenvalue weighted by molar-refractivity contribution is 0.201. The van der Waals surface area contributed by atoms with Crippen molar-refractivity contribution in [2.24, 2.45) is 0 Å². The van der Waals surface area contributed by atoms with Gasteiger partial charge in [0.1, 0.15) is 12.2 Å². The molecule has 0 aliphatic carbocycles. The summed E-state index contributed by atoms with van der Waals surface area (Å²) in [5.41, 5.74) is 0. The highest BCUT2D eigenvalue weighted by molar-refractivity contribution is 5.03. The first-order chi connectivity index (χ1) is 5.88. The summed E-state index contributed by atoms with van der Waals surface area (Å²) in [6, 6.07) is 0. The van der Waals surface area contributed by atoms with E-state index in [2.05, 4.69) is 25.1 Å². The van der Waals surface area contributed by atoms with E-state index < -0.39 is 6.10 Å². The summed E-state index contributed by atoms with van der Waals surface area (Å²) in [6.45, 7) is 0. The number of aromatic amines is 2. The zero-order chi connectivity index (χ0) is 8.39. The molecule has 6 heteroatoms. The van der Waals surface area contributed by atoms with Gasteiger partial charge in [-0.2, -0.15) is 5.10 Å². The smallest absolute Gasteiger partial charge is 0.170 e. The quantitative estimate of drug-likeness (QED) is 0.565. The topological polar surface area (TPSA) is 90.5 Å². The molecule has 2 heterocycles. The molecule has 1 atom stereocenters. The minimum Gasteiger partial charge on any atom is -0.377 e. The fourth-order valence-electron chi connectivity index (χ4n) is 0.903. The van der Waals surface area contributed by atoms with Gasteiger partial charge in [-0.15, -0.1) is 0 Å². The third kappa shape index (κ3) is 1.08. The summed E-state index contributed by atoms with van der Waals surface area (Å²) in [7, 11) is 0. The van der Waals surface area contributed by atoms with E-state index in [1.165, 1.54) is 6.33 Å². The number of nitrogens with zero attached hydrogens (tertiary/aromatic N) is 3. The van der Waals surface area contributed by atoms with Crippen molar-refractivity contribution in [2.45, 2.75) is 6.10 Å². The Morgan fingerprint density at radius 3 is 2.83 bits per heavy atom. The molecule has 0 fully saturated rings. The molecule has 3 N–H and O–H groups in total. The molecule has 0 amide bonds. The van der Waals surface area contributed by atoms with Crippen LogP contribution in [-0.4, -0.2) is 30.3 Å². The van der Waals surface area contributed by atoms with Crippen LogP contribution in [0.3, 0.4) is 0 Å². The molecule has 2 rings (SSSR count). The van der Waals surface area contributed by atoms with Gasteiger partial charge in [0.2, 0.25) is 0 Å². The van der Waals surface area contributed by atoms with Crippen LogP contribution in [0.5, 0.6) is 0 Å². The van der Waals surface area contributed by atoms with E-state index in [4.69, 9.17) is 0 Å². The van der Waals surface area contributed by atoms with Gasteiger partial charge in [-0.25, -0.2) is 9.97 Å². The predicted octanol–water partition coefficient (Wildman–Crippen LogP) is -0.391. The molecular formula is C6H7N5O. The molecule has 0 saturated carbocycles. The van der Waals surface area contributed by atoms with Gasteiger partial charge in [-0.3, -0.25) is 5.10 Å².